The van der Waals surface area contributed by atoms with E-state index in [4.69, 9.17) is 9.39 Å². The predicted octanol–water partition coefficient (Wildman–Crippen LogP) is 6.22. The molecule has 170 valence electrons. The lowest BCUT2D eigenvalue weighted by atomic mass is 9.94. The van der Waals surface area contributed by atoms with Crippen LogP contribution in [0.1, 0.15) is 32.6 Å². The molecule has 0 spiro atoms. The molecule has 4 aromatic rings. The normalized spacial score (nSPS) is 11.5. The Morgan fingerprint density at radius 1 is 0.879 bits per heavy atom. The predicted molar refractivity (Wildman–Crippen MR) is 133 cm³/mol. The van der Waals surface area contributed by atoms with Gasteiger partial charge in [-0.3, -0.25) is 10.0 Å². The highest BCUT2D eigenvalue weighted by atomic mass is 32.2. The number of fused-ring (bicyclic) bond motifs is 1. The van der Waals surface area contributed by atoms with Gasteiger partial charge >= 0.3 is 0 Å². The van der Waals surface area contributed by atoms with Crippen molar-refractivity contribution < 1.29 is 18.4 Å². The Morgan fingerprint density at radius 2 is 1.48 bits per heavy atom. The zero-order chi connectivity index (χ0) is 23.8. The van der Waals surface area contributed by atoms with E-state index in [1.807, 2.05) is 60.7 Å². The number of Topliss-reactive ketones (excluding diaryl/α,β-unsaturated/α-hetero) is 1. The lowest BCUT2D eigenvalue weighted by Gasteiger charge is -2.10. The van der Waals surface area contributed by atoms with Gasteiger partial charge < -0.3 is 4.18 Å². The molecule has 4 rings (SSSR count). The van der Waals surface area contributed by atoms with Gasteiger partial charge in [0, 0.05) is 17.4 Å². The Hall–Kier alpha value is -3.48. The molecule has 6 heteroatoms. The summed E-state index contributed by atoms with van der Waals surface area (Å²) < 4.78 is 18.5. The summed E-state index contributed by atoms with van der Waals surface area (Å²) in [6, 6.07) is 26.7. The number of rotatable bonds is 5. The number of nitrogens with zero attached hydrogens (tertiary/aromatic N) is 1. The van der Waals surface area contributed by atoms with Gasteiger partial charge in [0.25, 0.3) is 0 Å². The molecule has 0 radical (unpaired) electrons. The highest BCUT2D eigenvalue weighted by Gasteiger charge is 2.11. The minimum absolute atomic E-state index is 0.186. The van der Waals surface area contributed by atoms with Gasteiger partial charge in [-0.2, -0.15) is 0 Å². The summed E-state index contributed by atoms with van der Waals surface area (Å²) in [6.45, 7) is 6.24. The summed E-state index contributed by atoms with van der Waals surface area (Å²) in [4.78, 5) is 12.2. The Labute approximate surface area is 196 Å². The van der Waals surface area contributed by atoms with Gasteiger partial charge in [-0.05, 0) is 53.4 Å². The Morgan fingerprint density at radius 3 is 2.15 bits per heavy atom. The van der Waals surface area contributed by atoms with E-state index in [1.54, 1.807) is 12.1 Å². The van der Waals surface area contributed by atoms with Crippen molar-refractivity contribution in [1.29, 1.82) is 0 Å². The fourth-order valence-corrected chi connectivity index (χ4v) is 4.12. The summed E-state index contributed by atoms with van der Waals surface area (Å²) >= 11 is 0. The van der Waals surface area contributed by atoms with Crippen molar-refractivity contribution in [3.8, 4) is 5.75 Å². The van der Waals surface area contributed by atoms with E-state index in [0.29, 0.717) is 12.2 Å². The van der Waals surface area contributed by atoms with Crippen LogP contribution < -0.4 is 4.18 Å². The van der Waals surface area contributed by atoms with Crippen molar-refractivity contribution >= 4 is 27.4 Å². The van der Waals surface area contributed by atoms with E-state index in [2.05, 4.69) is 37.4 Å². The number of benzene rings is 4. The lowest BCUT2D eigenvalue weighted by Crippen LogP contribution is -2.06. The van der Waals surface area contributed by atoms with Gasteiger partial charge in [0.2, 0.25) is 10.9 Å². The number of carbonyl (C=O) groups excluding carboxylic acids is 1. The second kappa shape index (κ2) is 11.4. The lowest BCUT2D eigenvalue weighted by molar-refractivity contribution is 0.0992. The maximum Gasteiger partial charge on any atom is 0.221 e. The summed E-state index contributed by atoms with van der Waals surface area (Å²) in [6.07, 6.45) is 0.488. The van der Waals surface area contributed by atoms with Gasteiger partial charge in [0.15, 0.2) is 5.78 Å². The number of carbonyl (C=O) groups is 1. The van der Waals surface area contributed by atoms with Crippen molar-refractivity contribution in [2.75, 3.05) is 0 Å². The first kappa shape index (κ1) is 24.2. The maximum absolute atomic E-state index is 12.2. The Bertz CT molecular complexity index is 1310. The molecule has 5 nitrogen and oxygen atoms in total. The number of hydrogen-bond donors (Lipinski definition) is 2. The van der Waals surface area contributed by atoms with Crippen LogP contribution in [0.3, 0.4) is 0 Å². The van der Waals surface area contributed by atoms with Crippen LogP contribution in [0.4, 0.5) is 0 Å². The maximum atomic E-state index is 12.2. The molecular formula is C27H27NO4S. The number of ketones is 1. The largest absolute Gasteiger partial charge is 0.396 e. The third-order valence-corrected chi connectivity index (χ3v) is 5.77. The molecule has 0 heterocycles. The van der Waals surface area contributed by atoms with Crippen molar-refractivity contribution in [2.24, 2.45) is 4.53 Å². The Balaban J connectivity index is 0.000000189. The number of hydrogen-bond acceptors (Lipinski definition) is 4. The van der Waals surface area contributed by atoms with Crippen LogP contribution in [0.25, 0.3) is 10.8 Å². The molecule has 1 N–H and O–H groups in total. The molecule has 0 saturated carbocycles. The van der Waals surface area contributed by atoms with Crippen molar-refractivity contribution in [1.82, 2.24) is 0 Å². The van der Waals surface area contributed by atoms with Gasteiger partial charge in [0.1, 0.15) is 5.75 Å². The molecule has 0 aliphatic heterocycles. The second-order valence-electron chi connectivity index (χ2n) is 7.74. The minimum atomic E-state index is -2.40. The smallest absolute Gasteiger partial charge is 0.221 e. The molecule has 4 aromatic carbocycles. The van der Waals surface area contributed by atoms with Crippen LogP contribution in [0.2, 0.25) is 0 Å². The molecular weight excluding hydrogens is 434 g/mol. The van der Waals surface area contributed by atoms with Crippen LogP contribution in [0.15, 0.2) is 89.5 Å². The fourth-order valence-electron chi connectivity index (χ4n) is 3.75. The molecule has 0 aromatic heterocycles. The number of aryl methyl sites for hydroxylation is 3. The van der Waals surface area contributed by atoms with Crippen molar-refractivity contribution in [2.45, 2.75) is 27.2 Å². The van der Waals surface area contributed by atoms with E-state index in [-0.39, 0.29) is 5.78 Å². The van der Waals surface area contributed by atoms with E-state index in [0.717, 1.165) is 21.9 Å². The van der Waals surface area contributed by atoms with E-state index < -0.39 is 10.9 Å². The third-order valence-electron chi connectivity index (χ3n) is 5.27. The zero-order valence-electron chi connectivity index (χ0n) is 18.9. The van der Waals surface area contributed by atoms with E-state index >= 15 is 0 Å². The first-order valence-corrected chi connectivity index (χ1v) is 11.6. The molecule has 0 amide bonds. The average molecular weight is 462 g/mol. The van der Waals surface area contributed by atoms with Gasteiger partial charge in [-0.1, -0.05) is 84.4 Å². The van der Waals surface area contributed by atoms with Crippen LogP contribution >= 0.6 is 0 Å². The molecule has 0 saturated heterocycles. The standard InChI is InChI=1S/C17H18O.C10H9NO3S/c1-12-9-13(2)16(14(3)10-12)11-17(18)15-7-5-4-6-8-15;12-11-15(13)14-10-7-3-5-8-4-1-2-6-9(8)10/h4-10H,11H2,1-3H3;1-7,12,15H. The topological polar surface area (TPSA) is 76.0 Å². The highest BCUT2D eigenvalue weighted by Crippen LogP contribution is 2.25. The van der Waals surface area contributed by atoms with Gasteiger partial charge in [0.05, 0.1) is 0 Å². The Kier molecular flexibility index (Phi) is 8.35. The molecule has 33 heavy (non-hydrogen) atoms. The minimum Gasteiger partial charge on any atom is -0.396 e. The second-order valence-corrected chi connectivity index (χ2v) is 8.58. The molecule has 0 fully saturated rings. The zero-order valence-corrected chi connectivity index (χ0v) is 19.8. The third kappa shape index (κ3) is 6.51. The summed E-state index contributed by atoms with van der Waals surface area (Å²) in [7, 11) is -2.40. The van der Waals surface area contributed by atoms with E-state index in [1.165, 1.54) is 16.7 Å². The molecule has 0 aliphatic carbocycles. The van der Waals surface area contributed by atoms with Crippen molar-refractivity contribution in [3.63, 3.8) is 0 Å². The SMILES string of the molecule is Cc1cc(C)c(CC(=O)c2ccccc2)c(C)c1.O=[SH](=NO)Oc1cccc2ccccc12. The monoisotopic (exact) mass is 461 g/mol. The summed E-state index contributed by atoms with van der Waals surface area (Å²) in [5.74, 6) is 0.637. The molecule has 0 bridgehead atoms. The molecule has 1 atom stereocenters. The number of thiol groups is 1. The fraction of sp³-hybridized carbons (Fsp3) is 0.148. The first-order valence-electron chi connectivity index (χ1n) is 10.5. The van der Waals surface area contributed by atoms with Crippen molar-refractivity contribution in [3.05, 3.63) is 113 Å². The van der Waals surface area contributed by atoms with Crippen LogP contribution in [-0.4, -0.2) is 15.2 Å². The van der Waals surface area contributed by atoms with Crippen LogP contribution in [-0.2, 0) is 17.3 Å². The van der Waals surface area contributed by atoms with Crippen LogP contribution in [0, 0.1) is 20.8 Å². The first-order chi connectivity index (χ1) is 15.9. The van der Waals surface area contributed by atoms with Crippen LogP contribution in [0.5, 0.6) is 5.75 Å². The van der Waals surface area contributed by atoms with E-state index in [9.17, 15) is 9.00 Å². The molecule has 0 aliphatic rings. The van der Waals surface area contributed by atoms with Gasteiger partial charge in [-0.15, -0.1) is 0 Å². The quantitative estimate of drug-likeness (QED) is 0.210. The average Bonchev–Trinajstić information content (AvgIpc) is 2.82. The summed E-state index contributed by atoms with van der Waals surface area (Å²) in [5, 5.41) is 10.1. The highest BCUT2D eigenvalue weighted by molar-refractivity contribution is 7.70. The molecule has 1 unspecified atom stereocenters. The van der Waals surface area contributed by atoms with Gasteiger partial charge in [-0.25, -0.2) is 4.21 Å². The summed E-state index contributed by atoms with van der Waals surface area (Å²) in [5.41, 5.74) is 5.61.